The summed E-state index contributed by atoms with van der Waals surface area (Å²) in [6.07, 6.45) is 1.06. The van der Waals surface area contributed by atoms with Crippen LogP contribution in [0, 0.1) is 18.7 Å². The fourth-order valence-corrected chi connectivity index (χ4v) is 8.00. The van der Waals surface area contributed by atoms with E-state index in [9.17, 15) is 17.6 Å². The van der Waals surface area contributed by atoms with Crippen molar-refractivity contribution in [3.63, 3.8) is 0 Å². The van der Waals surface area contributed by atoms with Crippen LogP contribution in [0.15, 0.2) is 47.4 Å². The number of pyridine rings is 1. The first-order chi connectivity index (χ1) is 20.9. The number of carbonyl (C=O) groups is 1. The van der Waals surface area contributed by atoms with E-state index in [0.717, 1.165) is 10.4 Å². The molecule has 0 spiro atoms. The van der Waals surface area contributed by atoms with Gasteiger partial charge >= 0.3 is 0 Å². The van der Waals surface area contributed by atoms with E-state index in [2.05, 4.69) is 4.98 Å². The van der Waals surface area contributed by atoms with Crippen molar-refractivity contribution in [3.05, 3.63) is 70.4 Å². The second-order valence-corrected chi connectivity index (χ2v) is 13.0. The van der Waals surface area contributed by atoms with Crippen molar-refractivity contribution in [1.29, 1.82) is 0 Å². The molecule has 0 aliphatic carbocycles. The Bertz CT molecular complexity index is 1700. The van der Waals surface area contributed by atoms with Gasteiger partial charge in [0.15, 0.2) is 5.82 Å². The number of likely N-dealkylation sites (tertiary alicyclic amines) is 1. The summed E-state index contributed by atoms with van der Waals surface area (Å²) in [4.78, 5) is 18.8. The smallest absolute Gasteiger partial charge is 0.269 e. The lowest BCUT2D eigenvalue weighted by Gasteiger charge is -2.54. The van der Waals surface area contributed by atoms with Gasteiger partial charge in [-0.3, -0.25) is 4.79 Å². The Kier molecular flexibility index (Phi) is 8.67. The summed E-state index contributed by atoms with van der Waals surface area (Å²) in [5.41, 5.74) is 0.118. The maximum absolute atomic E-state index is 16.2. The number of benzene rings is 2. The molecule has 10 nitrogen and oxygen atoms in total. The number of amides is 1. The quantitative estimate of drug-likeness (QED) is 0.295. The van der Waals surface area contributed by atoms with Crippen LogP contribution in [0.1, 0.15) is 24.0 Å². The zero-order valence-corrected chi connectivity index (χ0v) is 26.5. The van der Waals surface area contributed by atoms with Gasteiger partial charge in [-0.2, -0.15) is 4.39 Å². The molecule has 2 saturated heterocycles. The van der Waals surface area contributed by atoms with Crippen LogP contribution in [0.25, 0.3) is 0 Å². The van der Waals surface area contributed by atoms with Crippen LogP contribution in [0.3, 0.4) is 0 Å². The fourth-order valence-electron chi connectivity index (χ4n) is 6.00. The lowest BCUT2D eigenvalue weighted by atomic mass is 9.83. The van der Waals surface area contributed by atoms with Gasteiger partial charge in [0.1, 0.15) is 32.8 Å². The summed E-state index contributed by atoms with van der Waals surface area (Å²) in [6, 6.07) is 9.84. The molecular weight excluding hydrogens is 618 g/mol. The van der Waals surface area contributed by atoms with E-state index < -0.39 is 32.3 Å². The Morgan fingerprint density at radius 3 is 2.43 bits per heavy atom. The number of ether oxygens (including phenoxy) is 3. The molecule has 3 aromatic rings. The van der Waals surface area contributed by atoms with Crippen LogP contribution in [-0.2, 0) is 26.1 Å². The minimum Gasteiger partial charge on any atom is -0.497 e. The molecule has 2 aromatic carbocycles. The number of nitrogens with zero attached hydrogens (tertiary/aromatic N) is 4. The number of likely N-dealkylation sites (N-methyl/N-ethyl adjacent to an activating group) is 1. The maximum Gasteiger partial charge on any atom is 0.269 e. The molecule has 0 radical (unpaired) electrons. The number of halogens is 3. The molecule has 5 rings (SSSR count). The zero-order valence-electron chi connectivity index (χ0n) is 24.9. The summed E-state index contributed by atoms with van der Waals surface area (Å²) >= 11 is 6.53. The van der Waals surface area contributed by atoms with Gasteiger partial charge in [0.25, 0.3) is 10.0 Å². The summed E-state index contributed by atoms with van der Waals surface area (Å²) in [5.74, 6) is -1.51. The number of hydrogen-bond acceptors (Lipinski definition) is 8. The molecule has 236 valence electrons. The number of aromatic nitrogens is 1. The third kappa shape index (κ3) is 5.41. The molecule has 14 heteroatoms. The number of anilines is 2. The van der Waals surface area contributed by atoms with Crippen LogP contribution >= 0.6 is 11.6 Å². The second kappa shape index (κ2) is 12.0. The highest BCUT2D eigenvalue weighted by Crippen LogP contribution is 2.44. The van der Waals surface area contributed by atoms with Crippen molar-refractivity contribution in [3.8, 4) is 11.5 Å². The van der Waals surface area contributed by atoms with Gasteiger partial charge in [0.05, 0.1) is 45.6 Å². The van der Waals surface area contributed by atoms with Gasteiger partial charge in [0, 0.05) is 32.2 Å². The van der Waals surface area contributed by atoms with Gasteiger partial charge in [-0.1, -0.05) is 17.7 Å². The van der Waals surface area contributed by atoms with Crippen LogP contribution in [0.4, 0.5) is 20.3 Å². The largest absolute Gasteiger partial charge is 0.497 e. The molecule has 1 atom stereocenters. The van der Waals surface area contributed by atoms with Gasteiger partial charge in [-0.25, -0.2) is 22.1 Å². The van der Waals surface area contributed by atoms with Crippen LogP contribution in [0.2, 0.25) is 5.02 Å². The van der Waals surface area contributed by atoms with Crippen LogP contribution < -0.4 is 18.7 Å². The molecule has 1 aromatic heterocycles. The standard InChI is InChI=1S/C30H33ClF2N4O6S/c1-18-13-21(36-16-30(17-36,43-5)23-11-12-26(38)35(23)2)27(31)28(33)29(18)44(39,40)37(25-8-6-7-24(32)34-25)15-19-9-10-20(41-3)14-22(19)42-4/h6-10,13-14,23H,11-12,15-17H2,1-5H3. The molecular formula is C30H33ClF2N4O6S. The van der Waals surface area contributed by atoms with Crippen LogP contribution in [0.5, 0.6) is 11.5 Å². The molecule has 3 heterocycles. The van der Waals surface area contributed by atoms with Crippen molar-refractivity contribution < 1.29 is 36.2 Å². The minimum absolute atomic E-state index is 0.0314. The Hall–Kier alpha value is -3.68. The molecule has 2 fully saturated rings. The summed E-state index contributed by atoms with van der Waals surface area (Å²) in [5, 5.41) is -0.385. The average Bonchev–Trinajstić information content (AvgIpc) is 3.31. The molecule has 1 amide bonds. The SMILES string of the molecule is COc1ccc(CN(c2cccc(F)n2)S(=O)(=O)c2c(C)cc(N3CC(OC)(C4CCC(=O)N4C)C3)c(Cl)c2F)c(OC)c1. The molecule has 0 saturated carbocycles. The van der Waals surface area contributed by atoms with Crippen LogP contribution in [-0.4, -0.2) is 77.3 Å². The predicted octanol–water partition coefficient (Wildman–Crippen LogP) is 4.56. The fraction of sp³-hybridized carbons (Fsp3) is 0.400. The van der Waals surface area contributed by atoms with Crippen molar-refractivity contribution in [2.75, 3.05) is 50.7 Å². The normalized spacial score (nSPS) is 17.9. The average molecular weight is 651 g/mol. The van der Waals surface area contributed by atoms with Gasteiger partial charge < -0.3 is 24.0 Å². The highest BCUT2D eigenvalue weighted by atomic mass is 35.5. The molecule has 44 heavy (non-hydrogen) atoms. The van der Waals surface area contributed by atoms with Crippen molar-refractivity contribution in [1.82, 2.24) is 9.88 Å². The maximum atomic E-state index is 16.2. The number of carbonyl (C=O) groups excluding carboxylic acids is 1. The minimum atomic E-state index is -4.71. The summed E-state index contributed by atoms with van der Waals surface area (Å²) < 4.78 is 76.3. The first-order valence-corrected chi connectivity index (χ1v) is 15.6. The number of hydrogen-bond donors (Lipinski definition) is 0. The first kappa shape index (κ1) is 31.7. The summed E-state index contributed by atoms with van der Waals surface area (Å²) in [6.45, 7) is 1.76. The topological polar surface area (TPSA) is 102 Å². The monoisotopic (exact) mass is 650 g/mol. The van der Waals surface area contributed by atoms with Crippen molar-refractivity contribution in [2.24, 2.45) is 0 Å². The Morgan fingerprint density at radius 2 is 1.84 bits per heavy atom. The first-order valence-electron chi connectivity index (χ1n) is 13.8. The van der Waals surface area contributed by atoms with E-state index in [4.69, 9.17) is 25.8 Å². The highest BCUT2D eigenvalue weighted by Gasteiger charge is 2.54. The van der Waals surface area contributed by atoms with E-state index in [0.29, 0.717) is 48.7 Å². The molecule has 2 aliphatic rings. The highest BCUT2D eigenvalue weighted by molar-refractivity contribution is 7.92. The van der Waals surface area contributed by atoms with Gasteiger partial charge in [-0.15, -0.1) is 0 Å². The van der Waals surface area contributed by atoms with E-state index in [1.807, 2.05) is 0 Å². The Balaban J connectivity index is 1.53. The number of sulfonamides is 1. The zero-order chi connectivity index (χ0) is 32.0. The Labute approximate surface area is 260 Å². The predicted molar refractivity (Wildman–Crippen MR) is 161 cm³/mol. The van der Waals surface area contributed by atoms with Crippen molar-refractivity contribution in [2.45, 2.75) is 42.8 Å². The van der Waals surface area contributed by atoms with E-state index >= 15 is 4.39 Å². The molecule has 0 bridgehead atoms. The number of rotatable bonds is 10. The summed E-state index contributed by atoms with van der Waals surface area (Å²) in [7, 11) is 1.49. The number of methoxy groups -OCH3 is 3. The third-order valence-corrected chi connectivity index (χ3v) is 10.7. The van der Waals surface area contributed by atoms with E-state index in [1.54, 1.807) is 42.2 Å². The van der Waals surface area contributed by atoms with Crippen molar-refractivity contribution >= 4 is 39.0 Å². The second-order valence-electron chi connectivity index (χ2n) is 10.9. The molecule has 0 N–H and O–H groups in total. The van der Waals surface area contributed by atoms with Gasteiger partial charge in [0.2, 0.25) is 11.9 Å². The number of aryl methyl sites for hydroxylation is 1. The lowest BCUT2D eigenvalue weighted by Crippen LogP contribution is -2.71. The third-order valence-electron chi connectivity index (χ3n) is 8.40. The lowest BCUT2D eigenvalue weighted by molar-refractivity contribution is -0.134. The van der Waals surface area contributed by atoms with E-state index in [1.165, 1.54) is 39.3 Å². The molecule has 2 aliphatic heterocycles. The molecule has 1 unspecified atom stereocenters. The van der Waals surface area contributed by atoms with Gasteiger partial charge in [-0.05, 0) is 49.2 Å². The Morgan fingerprint density at radius 1 is 1.11 bits per heavy atom. The van der Waals surface area contributed by atoms with E-state index in [-0.39, 0.29) is 34.9 Å².